The van der Waals surface area contributed by atoms with Crippen molar-refractivity contribution in [3.8, 4) is 23.0 Å². The third kappa shape index (κ3) is 12.2. The Bertz CT molecular complexity index is 2710. The Morgan fingerprint density at radius 2 is 1.45 bits per heavy atom. The minimum atomic E-state index is -4.00. The van der Waals surface area contributed by atoms with E-state index in [0.29, 0.717) is 97.1 Å². The average molecular weight is 1110 g/mol. The van der Waals surface area contributed by atoms with Crippen LogP contribution in [0.25, 0.3) is 22.3 Å². The molecule has 2 aromatic carbocycles. The molecule has 6 aromatic rings. The monoisotopic (exact) mass is 1110 g/mol. The van der Waals surface area contributed by atoms with Crippen LogP contribution in [0.1, 0.15) is 68.7 Å². The molecule has 6 heterocycles. The second kappa shape index (κ2) is 20.6. The van der Waals surface area contributed by atoms with Crippen molar-refractivity contribution >= 4 is 95.2 Å². The summed E-state index contributed by atoms with van der Waals surface area (Å²) >= 11 is 4.44. The molecule has 0 radical (unpaired) electrons. The van der Waals surface area contributed by atoms with Gasteiger partial charge >= 0.3 is 22.5 Å². The number of nitrogen functional groups attached to an aromatic ring is 2. The highest BCUT2D eigenvalue weighted by Crippen LogP contribution is 2.37. The summed E-state index contributed by atoms with van der Waals surface area (Å²) in [6, 6.07) is 7.61. The van der Waals surface area contributed by atoms with Gasteiger partial charge in [-0.1, -0.05) is 0 Å². The molecular weight excluding hydrogens is 1070 g/mol. The van der Waals surface area contributed by atoms with Gasteiger partial charge in [0.25, 0.3) is 0 Å². The number of benzene rings is 2. The molecule has 0 spiro atoms. The largest absolute Gasteiger partial charge is 0.454 e. The molecule has 0 fully saturated rings. The quantitative estimate of drug-likeness (QED) is 0.0566. The Morgan fingerprint density at radius 3 is 2.03 bits per heavy atom. The van der Waals surface area contributed by atoms with Crippen LogP contribution in [0.3, 0.4) is 0 Å². The number of nitrogens with two attached hydrogens (primary N) is 3. The van der Waals surface area contributed by atoms with E-state index in [9.17, 15) is 22.0 Å². The number of halogens is 4. The molecule has 62 heavy (non-hydrogen) atoms. The minimum absolute atomic E-state index is 0.0342. The van der Waals surface area contributed by atoms with E-state index >= 15 is 0 Å². The van der Waals surface area contributed by atoms with E-state index in [4.69, 9.17) is 44.8 Å². The number of aliphatic hydroxyl groups is 1. The van der Waals surface area contributed by atoms with Crippen molar-refractivity contribution in [2.24, 2.45) is 5.14 Å². The van der Waals surface area contributed by atoms with Crippen molar-refractivity contribution in [3.05, 3.63) is 66.3 Å². The SMILES string of the molecule is CC(=O)CCCO.CC(CCCCn1c(Cc2cc3c(cc2I)OCO3)nc2c(N)nc(F)nc21)OS(N)(=O)=O.Nc1nc(F)nc2nc(Cc3cc4c(cc3I)OCO4)[nH]c12. The van der Waals surface area contributed by atoms with Gasteiger partial charge in [-0.05, 0) is 120 Å². The Balaban J connectivity index is 0.000000189. The summed E-state index contributed by atoms with van der Waals surface area (Å²) in [5.74, 6) is 4.20. The Labute approximate surface area is 380 Å². The van der Waals surface area contributed by atoms with Crippen LogP contribution in [0.4, 0.5) is 20.4 Å². The molecule has 1 atom stereocenters. The summed E-state index contributed by atoms with van der Waals surface area (Å²) in [7, 11) is -4.00. The number of hydrogen-bond acceptors (Lipinski definition) is 17. The molecule has 0 saturated heterocycles. The number of nitrogens with zero attached hydrogens (tertiary/aromatic N) is 7. The van der Waals surface area contributed by atoms with Crippen molar-refractivity contribution in [2.75, 3.05) is 31.7 Å². The highest BCUT2D eigenvalue weighted by atomic mass is 127. The number of anilines is 2. The first-order chi connectivity index (χ1) is 29.5. The van der Waals surface area contributed by atoms with E-state index in [0.717, 1.165) is 24.0 Å². The lowest BCUT2D eigenvalue weighted by Gasteiger charge is -2.12. The summed E-state index contributed by atoms with van der Waals surface area (Å²) in [4.78, 5) is 36.6. The minimum Gasteiger partial charge on any atom is -0.454 e. The van der Waals surface area contributed by atoms with E-state index in [-0.39, 0.29) is 43.3 Å². The first-order valence-corrected chi connectivity index (χ1v) is 22.4. The van der Waals surface area contributed by atoms with Crippen LogP contribution in [-0.2, 0) is 38.7 Å². The van der Waals surface area contributed by atoms with Crippen molar-refractivity contribution in [2.45, 2.75) is 71.4 Å². The molecule has 8 N–H and O–H groups in total. The molecule has 20 nitrogen and oxygen atoms in total. The topological polar surface area (TPSA) is 294 Å². The predicted molar refractivity (Wildman–Crippen MR) is 236 cm³/mol. The summed E-state index contributed by atoms with van der Waals surface area (Å²) in [6.45, 7) is 4.14. The third-order valence-corrected chi connectivity index (χ3v) is 11.7. The summed E-state index contributed by atoms with van der Waals surface area (Å²) < 4.78 is 79.3. The molecule has 332 valence electrons. The first kappa shape index (κ1) is 46.7. The fraction of sp³-hybridized carbons (Fsp3) is 0.378. The number of aryl methyl sites for hydroxylation is 1. The van der Waals surface area contributed by atoms with Crippen molar-refractivity contribution < 1.29 is 50.2 Å². The lowest BCUT2D eigenvalue weighted by Crippen LogP contribution is -2.22. The molecule has 0 aliphatic carbocycles. The second-order valence-corrected chi connectivity index (χ2v) is 17.4. The number of aromatic amines is 1. The van der Waals surface area contributed by atoms with Crippen molar-refractivity contribution in [3.63, 3.8) is 0 Å². The van der Waals surface area contributed by atoms with E-state index in [2.05, 4.69) is 80.1 Å². The molecule has 0 amide bonds. The summed E-state index contributed by atoms with van der Waals surface area (Å²) in [6.07, 6.45) is 1.44. The lowest BCUT2D eigenvalue weighted by molar-refractivity contribution is -0.117. The molecule has 0 bridgehead atoms. The zero-order valence-electron chi connectivity index (χ0n) is 33.2. The Morgan fingerprint density at radius 1 is 0.871 bits per heavy atom. The van der Waals surface area contributed by atoms with Gasteiger partial charge in [0.2, 0.25) is 13.6 Å². The predicted octanol–water partition coefficient (Wildman–Crippen LogP) is 4.60. The number of Topliss-reactive ketones (excluding diaryl/α,β-unsaturated/α-hetero) is 1. The van der Waals surface area contributed by atoms with Gasteiger partial charge in [-0.2, -0.15) is 37.1 Å². The number of ketones is 1. The van der Waals surface area contributed by atoms with Crippen LogP contribution in [0.15, 0.2) is 24.3 Å². The zero-order valence-corrected chi connectivity index (χ0v) is 38.3. The average Bonchev–Trinajstić information content (AvgIpc) is 3.99. The number of H-pyrrole nitrogens is 1. The summed E-state index contributed by atoms with van der Waals surface area (Å²) in [5, 5.41) is 13.1. The first-order valence-electron chi connectivity index (χ1n) is 18.8. The van der Waals surface area contributed by atoms with E-state index in [1.165, 1.54) is 6.92 Å². The number of aliphatic hydroxyl groups excluding tert-OH is 1. The molecular formula is C37H41F2I2N11O9S. The highest BCUT2D eigenvalue weighted by molar-refractivity contribution is 14.1. The Hall–Kier alpha value is -4.84. The smallest absolute Gasteiger partial charge is 0.333 e. The molecule has 25 heteroatoms. The number of nitrogens with one attached hydrogen (secondary N) is 1. The second-order valence-electron chi connectivity index (χ2n) is 13.9. The normalized spacial score (nSPS) is 13.2. The number of rotatable bonds is 14. The number of fused-ring (bicyclic) bond motifs is 4. The van der Waals surface area contributed by atoms with Gasteiger partial charge in [0.1, 0.15) is 22.9 Å². The fourth-order valence-corrected chi connectivity index (χ4v) is 8.09. The van der Waals surface area contributed by atoms with Gasteiger partial charge in [0, 0.05) is 39.6 Å². The van der Waals surface area contributed by atoms with Crippen molar-refractivity contribution in [1.82, 2.24) is 39.5 Å². The van der Waals surface area contributed by atoms with Gasteiger partial charge in [-0.3, -0.25) is 4.18 Å². The maximum absolute atomic E-state index is 13.9. The number of aromatic nitrogens is 8. The number of ether oxygens (including phenoxy) is 4. The van der Waals surface area contributed by atoms with E-state index in [1.807, 2.05) is 28.8 Å². The number of carbonyl (C=O) groups excluding carboxylic acids is 1. The van der Waals surface area contributed by atoms with Crippen LogP contribution >= 0.6 is 45.2 Å². The third-order valence-electron chi connectivity index (χ3n) is 9.09. The molecule has 4 aromatic heterocycles. The van der Waals surface area contributed by atoms with Crippen molar-refractivity contribution in [1.29, 1.82) is 0 Å². The van der Waals surface area contributed by atoms with E-state index < -0.39 is 28.6 Å². The van der Waals surface area contributed by atoms with Crippen LogP contribution in [0, 0.1) is 19.3 Å². The standard InChI is InChI=1S/C19H22FIN6O5S.C13H9FIN5O2.C5H10O2/c1-10(32-33(23,28)29)4-2-3-5-27-15(24-16-17(22)25-19(20)26-18(16)27)7-11-6-13-14(8-12(11)21)31-9-30-13;14-13-19-11(16)10-12(20-13)18-9(17-10)2-5-1-7-8(3-6(5)15)22-4-21-7;1-5(7)3-2-4-6/h6,8,10H,2-5,7,9H2,1H3,(H2,22,25,26)(H2,23,28,29);1,3H,2,4H2,(H3,16,17,18,19,20);6H,2-4H2,1H3. The van der Waals surface area contributed by atoms with Gasteiger partial charge in [0.15, 0.2) is 51.4 Å². The lowest BCUT2D eigenvalue weighted by atomic mass is 10.1. The zero-order chi connectivity index (χ0) is 44.7. The highest BCUT2D eigenvalue weighted by Gasteiger charge is 2.22. The maximum Gasteiger partial charge on any atom is 0.333 e. The van der Waals surface area contributed by atoms with Gasteiger partial charge < -0.3 is 49.9 Å². The number of imidazole rings is 2. The van der Waals surface area contributed by atoms with Crippen LogP contribution in [0.5, 0.6) is 23.0 Å². The van der Waals surface area contributed by atoms with Gasteiger partial charge in [-0.25, -0.2) is 15.1 Å². The number of unbranched alkanes of at least 4 members (excludes halogenated alkanes) is 1. The van der Waals surface area contributed by atoms with Crippen LogP contribution < -0.4 is 35.6 Å². The Kier molecular flexibility index (Phi) is 15.5. The van der Waals surface area contributed by atoms with Crippen LogP contribution in [0.2, 0.25) is 0 Å². The molecule has 0 saturated carbocycles. The number of hydrogen-bond donors (Lipinski definition) is 5. The van der Waals surface area contributed by atoms with Gasteiger partial charge in [-0.15, -0.1) is 0 Å². The van der Waals surface area contributed by atoms with Crippen LogP contribution in [-0.4, -0.2) is 85.1 Å². The molecule has 8 rings (SSSR count). The maximum atomic E-state index is 13.9. The fourth-order valence-electron chi connectivity index (χ4n) is 6.28. The van der Waals surface area contributed by atoms with E-state index in [1.54, 1.807) is 6.92 Å². The molecule has 2 aliphatic rings. The molecule has 2 aliphatic heterocycles. The molecule has 1 unspecified atom stereocenters. The number of carbonyl (C=O) groups is 1. The summed E-state index contributed by atoms with van der Waals surface area (Å²) in [5.41, 5.74) is 14.8. The van der Waals surface area contributed by atoms with Gasteiger partial charge in [0.05, 0.1) is 6.10 Å².